The van der Waals surface area contributed by atoms with Gasteiger partial charge in [-0.25, -0.2) is 0 Å². The highest BCUT2D eigenvalue weighted by atomic mass is 32.2. The van der Waals surface area contributed by atoms with E-state index in [1.165, 1.54) is 11.8 Å². The molecule has 1 aliphatic heterocycles. The Labute approximate surface area is 94.3 Å². The average Bonchev–Trinajstić information content (AvgIpc) is 2.17. The number of hydrogen-bond donors (Lipinski definition) is 0. The highest BCUT2D eigenvalue weighted by Gasteiger charge is 2.29. The van der Waals surface area contributed by atoms with Crippen molar-refractivity contribution in [1.29, 1.82) is 0 Å². The Morgan fingerprint density at radius 1 is 1.60 bits per heavy atom. The van der Waals surface area contributed by atoms with E-state index in [0.717, 1.165) is 24.7 Å². The summed E-state index contributed by atoms with van der Waals surface area (Å²) in [6.45, 7) is 4.23. The first-order chi connectivity index (χ1) is 7.10. The van der Waals surface area contributed by atoms with Crippen LogP contribution in [0.1, 0.15) is 13.3 Å². The van der Waals surface area contributed by atoms with Crippen LogP contribution in [0, 0.1) is 10.1 Å². The lowest BCUT2D eigenvalue weighted by Crippen LogP contribution is -2.43. The van der Waals surface area contributed by atoms with Crippen LogP contribution in [0.5, 0.6) is 0 Å². The van der Waals surface area contributed by atoms with Crippen LogP contribution in [-0.2, 0) is 0 Å². The predicted octanol–water partition coefficient (Wildman–Crippen LogP) is 1.41. The van der Waals surface area contributed by atoms with Crippen LogP contribution < -0.4 is 0 Å². The monoisotopic (exact) mass is 231 g/mol. The Kier molecular flexibility index (Phi) is 4.41. The molecule has 0 amide bonds. The summed E-state index contributed by atoms with van der Waals surface area (Å²) < 4.78 is 0. The van der Waals surface area contributed by atoms with Crippen LogP contribution in [-0.4, -0.2) is 47.8 Å². The van der Waals surface area contributed by atoms with Crippen LogP contribution in [0.3, 0.4) is 0 Å². The quantitative estimate of drug-likeness (QED) is 0.541. The molecule has 1 heterocycles. The molecule has 86 valence electrons. The molecule has 1 aliphatic rings. The molecule has 0 spiro atoms. The van der Waals surface area contributed by atoms with E-state index in [1.54, 1.807) is 0 Å². The molecule has 0 saturated heterocycles. The van der Waals surface area contributed by atoms with Gasteiger partial charge in [-0.3, -0.25) is 15.0 Å². The van der Waals surface area contributed by atoms with Crippen molar-refractivity contribution in [1.82, 2.24) is 9.80 Å². The standard InChI is InChI=1S/C9H17N3O2S/c1-4-5-11-6-8(12(13)14)9(15-3)10(2)7-11/h4-7H2,1-3H3. The van der Waals surface area contributed by atoms with E-state index in [1.807, 2.05) is 18.2 Å². The van der Waals surface area contributed by atoms with Gasteiger partial charge in [-0.2, -0.15) is 0 Å². The fourth-order valence-corrected chi connectivity index (χ4v) is 2.53. The Hall–Kier alpha value is -0.750. The van der Waals surface area contributed by atoms with Gasteiger partial charge in [0, 0.05) is 13.6 Å². The van der Waals surface area contributed by atoms with Crippen molar-refractivity contribution in [2.45, 2.75) is 13.3 Å². The van der Waals surface area contributed by atoms with Crippen molar-refractivity contribution in [2.24, 2.45) is 0 Å². The molecule has 5 nitrogen and oxygen atoms in total. The molecule has 0 aromatic heterocycles. The molecule has 0 unspecified atom stereocenters. The molecule has 0 fully saturated rings. The van der Waals surface area contributed by atoms with Crippen molar-refractivity contribution in [3.05, 3.63) is 20.8 Å². The lowest BCUT2D eigenvalue weighted by atomic mass is 10.3. The smallest absolute Gasteiger partial charge is 0.289 e. The highest BCUT2D eigenvalue weighted by Crippen LogP contribution is 2.25. The SMILES string of the molecule is CCCN1CC([N+](=O)[O-])=C(SC)N(C)C1. The summed E-state index contributed by atoms with van der Waals surface area (Å²) in [7, 11) is 1.90. The van der Waals surface area contributed by atoms with Crippen LogP contribution in [0.25, 0.3) is 0 Å². The third kappa shape index (κ3) is 2.85. The normalized spacial score (nSPS) is 18.5. The predicted molar refractivity (Wildman–Crippen MR) is 62.0 cm³/mol. The van der Waals surface area contributed by atoms with Crippen molar-refractivity contribution >= 4 is 11.8 Å². The highest BCUT2D eigenvalue weighted by molar-refractivity contribution is 8.02. The van der Waals surface area contributed by atoms with E-state index in [-0.39, 0.29) is 4.92 Å². The van der Waals surface area contributed by atoms with E-state index in [9.17, 15) is 10.1 Å². The molecule has 0 bridgehead atoms. The zero-order chi connectivity index (χ0) is 11.4. The van der Waals surface area contributed by atoms with Crippen molar-refractivity contribution < 1.29 is 4.92 Å². The first-order valence-electron chi connectivity index (χ1n) is 4.95. The maximum Gasteiger partial charge on any atom is 0.289 e. The zero-order valence-electron chi connectivity index (χ0n) is 9.39. The Bertz CT molecular complexity index is 281. The molecule has 1 rings (SSSR count). The van der Waals surface area contributed by atoms with Gasteiger partial charge in [0.25, 0.3) is 5.70 Å². The molecule has 0 aromatic carbocycles. The summed E-state index contributed by atoms with van der Waals surface area (Å²) in [5.41, 5.74) is 0.324. The van der Waals surface area contributed by atoms with Gasteiger partial charge in [-0.05, 0) is 12.7 Å². The minimum absolute atomic E-state index is 0.260. The molecule has 0 N–H and O–H groups in total. The third-order valence-electron chi connectivity index (χ3n) is 2.33. The Morgan fingerprint density at radius 2 is 2.27 bits per heavy atom. The van der Waals surface area contributed by atoms with Gasteiger partial charge < -0.3 is 4.90 Å². The fourth-order valence-electron chi connectivity index (χ4n) is 1.79. The molecule has 0 aromatic rings. The van der Waals surface area contributed by atoms with Crippen molar-refractivity contribution in [3.8, 4) is 0 Å². The second-order valence-corrected chi connectivity index (χ2v) is 4.40. The van der Waals surface area contributed by atoms with E-state index >= 15 is 0 Å². The molecule has 15 heavy (non-hydrogen) atoms. The summed E-state index contributed by atoms with van der Waals surface area (Å²) in [6, 6.07) is 0. The maximum atomic E-state index is 10.9. The van der Waals surface area contributed by atoms with E-state index in [4.69, 9.17) is 0 Å². The molecule has 6 heteroatoms. The van der Waals surface area contributed by atoms with Gasteiger partial charge in [0.15, 0.2) is 0 Å². The van der Waals surface area contributed by atoms with E-state index in [0.29, 0.717) is 12.2 Å². The van der Waals surface area contributed by atoms with Gasteiger partial charge in [0.1, 0.15) is 5.03 Å². The van der Waals surface area contributed by atoms with Crippen LogP contribution in [0.2, 0.25) is 0 Å². The number of thioether (sulfide) groups is 1. The van der Waals surface area contributed by atoms with E-state index < -0.39 is 0 Å². The lowest BCUT2D eigenvalue weighted by Gasteiger charge is -2.33. The second kappa shape index (κ2) is 5.37. The summed E-state index contributed by atoms with van der Waals surface area (Å²) >= 11 is 1.45. The summed E-state index contributed by atoms with van der Waals surface area (Å²) in [4.78, 5) is 14.7. The first-order valence-corrected chi connectivity index (χ1v) is 6.17. The minimum atomic E-state index is -0.260. The largest absolute Gasteiger partial charge is 0.351 e. The maximum absolute atomic E-state index is 10.9. The van der Waals surface area contributed by atoms with Crippen molar-refractivity contribution in [2.75, 3.05) is 33.1 Å². The summed E-state index contributed by atoms with van der Waals surface area (Å²) in [6.07, 6.45) is 2.90. The Morgan fingerprint density at radius 3 is 2.73 bits per heavy atom. The zero-order valence-corrected chi connectivity index (χ0v) is 10.2. The number of hydrogen-bond acceptors (Lipinski definition) is 5. The van der Waals surface area contributed by atoms with Crippen molar-refractivity contribution in [3.63, 3.8) is 0 Å². The molecular formula is C9H17N3O2S. The van der Waals surface area contributed by atoms with Gasteiger partial charge in [-0.1, -0.05) is 6.92 Å². The average molecular weight is 231 g/mol. The number of nitro groups is 1. The molecule has 0 aliphatic carbocycles. The third-order valence-corrected chi connectivity index (χ3v) is 3.27. The topological polar surface area (TPSA) is 49.6 Å². The molecule has 0 saturated carbocycles. The lowest BCUT2D eigenvalue weighted by molar-refractivity contribution is -0.431. The molecular weight excluding hydrogens is 214 g/mol. The Balaban J connectivity index is 2.87. The number of nitrogens with zero attached hydrogens (tertiary/aromatic N) is 3. The van der Waals surface area contributed by atoms with Gasteiger partial charge >= 0.3 is 0 Å². The van der Waals surface area contributed by atoms with E-state index in [2.05, 4.69) is 11.8 Å². The van der Waals surface area contributed by atoms with Gasteiger partial charge in [-0.15, -0.1) is 11.8 Å². The minimum Gasteiger partial charge on any atom is -0.351 e. The van der Waals surface area contributed by atoms with Crippen LogP contribution in [0.15, 0.2) is 10.7 Å². The first kappa shape index (κ1) is 12.3. The summed E-state index contributed by atoms with van der Waals surface area (Å²) in [5, 5.41) is 11.7. The fraction of sp³-hybridized carbons (Fsp3) is 0.778. The van der Waals surface area contributed by atoms with Crippen LogP contribution >= 0.6 is 11.8 Å². The second-order valence-electron chi connectivity index (χ2n) is 3.60. The van der Waals surface area contributed by atoms with Crippen LogP contribution in [0.4, 0.5) is 0 Å². The number of rotatable bonds is 4. The van der Waals surface area contributed by atoms with Gasteiger partial charge in [0.05, 0.1) is 18.1 Å². The van der Waals surface area contributed by atoms with Gasteiger partial charge in [0.2, 0.25) is 0 Å². The molecule has 0 atom stereocenters. The molecule has 0 radical (unpaired) electrons. The summed E-state index contributed by atoms with van der Waals surface area (Å²) in [5.74, 6) is 0.